The van der Waals surface area contributed by atoms with E-state index in [4.69, 9.17) is 4.74 Å². The van der Waals surface area contributed by atoms with Crippen LogP contribution in [0.5, 0.6) is 11.5 Å². The standard InChI is InChI=1S/C29H27FN8O2/c1-36(2)12-10-18-11-13-38(29(18)39)26-9-7-23-27(35-26)28(32-16-31-23)34-22-6-4-19(14-21(22)30)40-20-5-8-25-24(15-20)33-17-37(25)3/h4-10,14-17H,11-13H2,1-3H3,(H,31,32,34)/b18-10+. The number of benzene rings is 2. The van der Waals surface area contributed by atoms with Crippen molar-refractivity contribution in [1.82, 2.24) is 29.4 Å². The van der Waals surface area contributed by atoms with E-state index >= 15 is 4.39 Å². The Morgan fingerprint density at radius 2 is 1.88 bits per heavy atom. The molecule has 0 saturated carbocycles. The van der Waals surface area contributed by atoms with Crippen LogP contribution < -0.4 is 15.0 Å². The summed E-state index contributed by atoms with van der Waals surface area (Å²) < 4.78 is 22.9. The van der Waals surface area contributed by atoms with Crippen LogP contribution in [-0.4, -0.2) is 62.5 Å². The van der Waals surface area contributed by atoms with Gasteiger partial charge in [0.25, 0.3) is 5.91 Å². The number of aromatic nitrogens is 5. The number of hydrogen-bond acceptors (Lipinski definition) is 8. The SMILES string of the molecule is CN(C)C/C=C1\CCN(c2ccc3ncnc(Nc4ccc(Oc5ccc6c(c5)ncn6C)cc4F)c3n2)C1=O. The average molecular weight is 539 g/mol. The zero-order valence-electron chi connectivity index (χ0n) is 22.3. The molecule has 4 heterocycles. The molecule has 202 valence electrons. The number of ether oxygens (including phenoxy) is 1. The molecule has 0 radical (unpaired) electrons. The molecule has 11 heteroatoms. The molecule has 1 fully saturated rings. The van der Waals surface area contributed by atoms with Crippen molar-refractivity contribution in [2.45, 2.75) is 6.42 Å². The molecule has 0 spiro atoms. The molecule has 1 N–H and O–H groups in total. The van der Waals surface area contributed by atoms with Crippen LogP contribution in [0.1, 0.15) is 6.42 Å². The molecule has 3 aromatic heterocycles. The van der Waals surface area contributed by atoms with Crippen molar-refractivity contribution < 1.29 is 13.9 Å². The van der Waals surface area contributed by atoms with Crippen molar-refractivity contribution in [2.24, 2.45) is 7.05 Å². The van der Waals surface area contributed by atoms with Gasteiger partial charge in [0.2, 0.25) is 0 Å². The minimum atomic E-state index is -0.523. The molecular formula is C29H27FN8O2. The Morgan fingerprint density at radius 3 is 2.70 bits per heavy atom. The van der Waals surface area contributed by atoms with Gasteiger partial charge in [-0.25, -0.2) is 24.3 Å². The Morgan fingerprint density at radius 1 is 1.05 bits per heavy atom. The summed E-state index contributed by atoms with van der Waals surface area (Å²) in [5.74, 6) is 1.14. The maximum absolute atomic E-state index is 15.2. The Labute approximate surface area is 229 Å². The summed E-state index contributed by atoms with van der Waals surface area (Å²) in [6, 6.07) is 13.6. The van der Waals surface area contributed by atoms with E-state index in [1.54, 1.807) is 35.5 Å². The molecule has 5 aromatic rings. The van der Waals surface area contributed by atoms with Crippen LogP contribution in [0.25, 0.3) is 22.1 Å². The average Bonchev–Trinajstić information content (AvgIpc) is 3.50. The van der Waals surface area contributed by atoms with Gasteiger partial charge < -0.3 is 19.5 Å². The predicted molar refractivity (Wildman–Crippen MR) is 151 cm³/mol. The number of imidazole rings is 1. The van der Waals surface area contributed by atoms with Crippen LogP contribution in [0.3, 0.4) is 0 Å². The van der Waals surface area contributed by atoms with Gasteiger partial charge >= 0.3 is 0 Å². The highest BCUT2D eigenvalue weighted by Gasteiger charge is 2.28. The molecule has 1 saturated heterocycles. The monoisotopic (exact) mass is 538 g/mol. The summed E-state index contributed by atoms with van der Waals surface area (Å²) in [5, 5.41) is 3.03. The third-order valence-corrected chi connectivity index (χ3v) is 6.70. The van der Waals surface area contributed by atoms with Gasteiger partial charge in [0.15, 0.2) is 5.82 Å². The van der Waals surface area contributed by atoms with E-state index in [0.29, 0.717) is 53.7 Å². The van der Waals surface area contributed by atoms with Crippen molar-refractivity contribution in [1.29, 1.82) is 0 Å². The number of likely N-dealkylation sites (N-methyl/N-ethyl adjacent to an activating group) is 1. The molecule has 0 aliphatic carbocycles. The lowest BCUT2D eigenvalue weighted by Crippen LogP contribution is -2.25. The zero-order valence-corrected chi connectivity index (χ0v) is 22.3. The van der Waals surface area contributed by atoms with Gasteiger partial charge in [-0.15, -0.1) is 0 Å². The molecule has 0 unspecified atom stereocenters. The number of nitrogens with one attached hydrogen (secondary N) is 1. The van der Waals surface area contributed by atoms with Crippen LogP contribution >= 0.6 is 0 Å². The topological polar surface area (TPSA) is 101 Å². The summed E-state index contributed by atoms with van der Waals surface area (Å²) in [6.07, 6.45) is 5.72. The van der Waals surface area contributed by atoms with Gasteiger partial charge in [-0.2, -0.15) is 0 Å². The number of rotatable bonds is 7. The van der Waals surface area contributed by atoms with Crippen molar-refractivity contribution >= 4 is 45.3 Å². The number of pyridine rings is 1. The number of fused-ring (bicyclic) bond motifs is 2. The second-order valence-electron chi connectivity index (χ2n) is 9.83. The maximum atomic E-state index is 15.2. The number of carbonyl (C=O) groups is 1. The number of hydrogen-bond donors (Lipinski definition) is 1. The Kier molecular flexibility index (Phi) is 6.56. The highest BCUT2D eigenvalue weighted by molar-refractivity contribution is 6.08. The third-order valence-electron chi connectivity index (χ3n) is 6.70. The molecule has 6 rings (SSSR count). The van der Waals surface area contributed by atoms with Crippen LogP contribution in [0.15, 0.2) is 72.8 Å². The fourth-order valence-corrected chi connectivity index (χ4v) is 4.59. The van der Waals surface area contributed by atoms with Crippen molar-refractivity contribution in [3.8, 4) is 11.5 Å². The first-order valence-electron chi connectivity index (χ1n) is 12.8. The Hall–Kier alpha value is -4.90. The minimum absolute atomic E-state index is 0.0658. The van der Waals surface area contributed by atoms with Crippen LogP contribution in [0.4, 0.5) is 21.7 Å². The number of carbonyl (C=O) groups excluding carboxylic acids is 1. The van der Waals surface area contributed by atoms with Gasteiger partial charge in [0.1, 0.15) is 35.0 Å². The second kappa shape index (κ2) is 10.3. The maximum Gasteiger partial charge on any atom is 0.255 e. The summed E-state index contributed by atoms with van der Waals surface area (Å²) in [7, 11) is 5.83. The molecular weight excluding hydrogens is 511 g/mol. The van der Waals surface area contributed by atoms with Gasteiger partial charge in [0.05, 0.1) is 28.6 Å². The van der Waals surface area contributed by atoms with E-state index in [0.717, 1.165) is 16.6 Å². The highest BCUT2D eigenvalue weighted by Crippen LogP contribution is 2.31. The summed E-state index contributed by atoms with van der Waals surface area (Å²) in [6.45, 7) is 1.23. The highest BCUT2D eigenvalue weighted by atomic mass is 19.1. The first-order valence-corrected chi connectivity index (χ1v) is 12.8. The van der Waals surface area contributed by atoms with Crippen LogP contribution in [0, 0.1) is 5.82 Å². The van der Waals surface area contributed by atoms with Gasteiger partial charge in [-0.1, -0.05) is 6.08 Å². The number of amides is 1. The molecule has 0 bridgehead atoms. The van der Waals surface area contributed by atoms with Crippen molar-refractivity contribution in [2.75, 3.05) is 37.4 Å². The predicted octanol–water partition coefficient (Wildman–Crippen LogP) is 4.81. The molecule has 1 aliphatic rings. The lowest BCUT2D eigenvalue weighted by Gasteiger charge is -2.16. The molecule has 0 atom stereocenters. The molecule has 1 aliphatic heterocycles. The summed E-state index contributed by atoms with van der Waals surface area (Å²) in [5.41, 5.74) is 3.73. The third kappa shape index (κ3) is 4.94. The van der Waals surface area contributed by atoms with E-state index in [-0.39, 0.29) is 11.6 Å². The summed E-state index contributed by atoms with van der Waals surface area (Å²) in [4.78, 5) is 34.3. The normalized spacial score (nSPS) is 14.7. The Balaban J connectivity index is 1.23. The molecule has 1 amide bonds. The zero-order chi connectivity index (χ0) is 27.8. The van der Waals surface area contributed by atoms with E-state index in [2.05, 4.69) is 25.3 Å². The molecule has 40 heavy (non-hydrogen) atoms. The van der Waals surface area contributed by atoms with E-state index in [1.165, 1.54) is 12.4 Å². The fraction of sp³-hybridized carbons (Fsp3) is 0.207. The first kappa shape index (κ1) is 25.4. The molecule has 10 nitrogen and oxygen atoms in total. The smallest absolute Gasteiger partial charge is 0.255 e. The van der Waals surface area contributed by atoms with Gasteiger partial charge in [-0.05, 0) is 56.9 Å². The largest absolute Gasteiger partial charge is 0.457 e. The Bertz CT molecular complexity index is 1780. The number of aryl methyl sites for hydroxylation is 1. The van der Waals surface area contributed by atoms with Crippen LogP contribution in [-0.2, 0) is 11.8 Å². The van der Waals surface area contributed by atoms with E-state index in [9.17, 15) is 4.79 Å². The van der Waals surface area contributed by atoms with Gasteiger partial charge in [0, 0.05) is 37.8 Å². The van der Waals surface area contributed by atoms with Crippen molar-refractivity contribution in [3.63, 3.8) is 0 Å². The van der Waals surface area contributed by atoms with E-state index in [1.807, 2.05) is 54.9 Å². The first-order chi connectivity index (χ1) is 19.4. The quantitative estimate of drug-likeness (QED) is 0.295. The number of anilines is 3. The fourth-order valence-electron chi connectivity index (χ4n) is 4.59. The second-order valence-corrected chi connectivity index (χ2v) is 9.83. The number of nitrogens with zero attached hydrogens (tertiary/aromatic N) is 7. The summed E-state index contributed by atoms with van der Waals surface area (Å²) >= 11 is 0. The number of halogens is 1. The van der Waals surface area contributed by atoms with Crippen LogP contribution in [0.2, 0.25) is 0 Å². The van der Waals surface area contributed by atoms with Crippen molar-refractivity contribution in [3.05, 3.63) is 78.7 Å². The minimum Gasteiger partial charge on any atom is -0.457 e. The lowest BCUT2D eigenvalue weighted by atomic mass is 10.2. The lowest BCUT2D eigenvalue weighted by molar-refractivity contribution is -0.114. The molecule has 2 aromatic carbocycles. The van der Waals surface area contributed by atoms with Gasteiger partial charge in [-0.3, -0.25) is 9.69 Å². The van der Waals surface area contributed by atoms with E-state index < -0.39 is 5.82 Å².